The van der Waals surface area contributed by atoms with Gasteiger partial charge in [-0.3, -0.25) is 4.99 Å². The number of benzene rings is 1. The molecule has 0 aromatic heterocycles. The first-order valence-electron chi connectivity index (χ1n) is 5.30. The molecule has 2 unspecified atom stereocenters. The van der Waals surface area contributed by atoms with Gasteiger partial charge in [0.1, 0.15) is 6.26 Å². The van der Waals surface area contributed by atoms with Crippen molar-refractivity contribution < 1.29 is 4.55 Å². The van der Waals surface area contributed by atoms with Crippen molar-refractivity contribution in [3.8, 4) is 0 Å². The minimum absolute atomic E-state index is 0.453. The Morgan fingerprint density at radius 3 is 2.62 bits per heavy atom. The van der Waals surface area contributed by atoms with Crippen LogP contribution in [0.1, 0.15) is 11.5 Å². The molecule has 0 N–H and O–H groups in total. The molecule has 2 rings (SSSR count). The lowest BCUT2D eigenvalue weighted by atomic mass is 9.98. The van der Waals surface area contributed by atoms with Crippen LogP contribution in [0.4, 0.5) is 0 Å². The SMILES string of the molecule is CN1C=NCC(c2ccc([S+](C)[O-])cc2)C1. The summed E-state index contributed by atoms with van der Waals surface area (Å²) < 4.78 is 11.3. The fourth-order valence-corrected chi connectivity index (χ4v) is 2.43. The molecule has 0 bridgehead atoms. The summed E-state index contributed by atoms with van der Waals surface area (Å²) in [6, 6.07) is 8.03. The van der Waals surface area contributed by atoms with Crippen molar-refractivity contribution in [2.45, 2.75) is 10.8 Å². The van der Waals surface area contributed by atoms with Gasteiger partial charge in [0.15, 0.2) is 4.90 Å². The van der Waals surface area contributed by atoms with E-state index in [0.29, 0.717) is 5.92 Å². The molecule has 86 valence electrons. The first kappa shape index (κ1) is 11.5. The lowest BCUT2D eigenvalue weighted by Gasteiger charge is -2.25. The van der Waals surface area contributed by atoms with E-state index in [-0.39, 0.29) is 0 Å². The van der Waals surface area contributed by atoms with Gasteiger partial charge in [-0.05, 0) is 28.9 Å². The maximum Gasteiger partial charge on any atom is 0.152 e. The van der Waals surface area contributed by atoms with E-state index in [1.54, 1.807) is 6.26 Å². The van der Waals surface area contributed by atoms with E-state index in [9.17, 15) is 4.55 Å². The fourth-order valence-electron chi connectivity index (χ4n) is 1.91. The van der Waals surface area contributed by atoms with E-state index in [4.69, 9.17) is 0 Å². The number of likely N-dealkylation sites (N-methyl/N-ethyl adjacent to an activating group) is 1. The van der Waals surface area contributed by atoms with Gasteiger partial charge in [-0.15, -0.1) is 0 Å². The molecule has 1 aromatic rings. The molecule has 0 aliphatic carbocycles. The van der Waals surface area contributed by atoms with E-state index in [1.165, 1.54) is 5.56 Å². The zero-order valence-electron chi connectivity index (χ0n) is 9.59. The Morgan fingerprint density at radius 1 is 1.38 bits per heavy atom. The van der Waals surface area contributed by atoms with Crippen LogP contribution in [-0.2, 0) is 11.2 Å². The van der Waals surface area contributed by atoms with Crippen LogP contribution in [0, 0.1) is 0 Å². The first-order valence-corrected chi connectivity index (χ1v) is 6.86. The molecule has 0 spiro atoms. The lowest BCUT2D eigenvalue weighted by molar-refractivity contribution is 0.439. The van der Waals surface area contributed by atoms with E-state index >= 15 is 0 Å². The minimum atomic E-state index is -0.889. The van der Waals surface area contributed by atoms with Gasteiger partial charge in [0, 0.05) is 26.1 Å². The van der Waals surface area contributed by atoms with E-state index in [1.807, 2.05) is 25.5 Å². The lowest BCUT2D eigenvalue weighted by Crippen LogP contribution is -2.29. The molecular weight excluding hydrogens is 220 g/mol. The van der Waals surface area contributed by atoms with Crippen LogP contribution >= 0.6 is 0 Å². The fraction of sp³-hybridized carbons (Fsp3) is 0.417. The molecule has 1 aromatic carbocycles. The second-order valence-corrected chi connectivity index (χ2v) is 5.52. The van der Waals surface area contributed by atoms with Gasteiger partial charge in [0.05, 0.1) is 6.34 Å². The Labute approximate surface area is 99.4 Å². The summed E-state index contributed by atoms with van der Waals surface area (Å²) in [5, 5.41) is 0. The van der Waals surface area contributed by atoms with Crippen LogP contribution < -0.4 is 0 Å². The van der Waals surface area contributed by atoms with Crippen molar-refractivity contribution >= 4 is 17.5 Å². The maximum atomic E-state index is 11.3. The second-order valence-electron chi connectivity index (χ2n) is 4.14. The van der Waals surface area contributed by atoms with Gasteiger partial charge in [-0.2, -0.15) is 0 Å². The first-order chi connectivity index (χ1) is 7.66. The minimum Gasteiger partial charge on any atom is -0.612 e. The zero-order chi connectivity index (χ0) is 11.5. The van der Waals surface area contributed by atoms with E-state index < -0.39 is 11.2 Å². The highest BCUT2D eigenvalue weighted by Crippen LogP contribution is 2.21. The van der Waals surface area contributed by atoms with Crippen molar-refractivity contribution in [1.29, 1.82) is 0 Å². The van der Waals surface area contributed by atoms with Crippen LogP contribution in [0.5, 0.6) is 0 Å². The Hall–Kier alpha value is -1.00. The van der Waals surface area contributed by atoms with Crippen molar-refractivity contribution in [2.24, 2.45) is 4.99 Å². The van der Waals surface area contributed by atoms with Crippen LogP contribution in [0.15, 0.2) is 34.2 Å². The third kappa shape index (κ3) is 2.57. The number of hydrogen-bond donors (Lipinski definition) is 0. The smallest absolute Gasteiger partial charge is 0.152 e. The Morgan fingerprint density at radius 2 is 2.06 bits per heavy atom. The number of aliphatic imine (C=N–C) groups is 1. The topological polar surface area (TPSA) is 38.7 Å². The Bertz CT molecular complexity index is 375. The molecule has 0 radical (unpaired) electrons. The molecule has 2 atom stereocenters. The predicted molar refractivity (Wildman–Crippen MR) is 67.5 cm³/mol. The molecular formula is C12H16N2OS. The van der Waals surface area contributed by atoms with Crippen LogP contribution in [-0.4, -0.2) is 42.2 Å². The quantitative estimate of drug-likeness (QED) is 0.730. The molecule has 1 aliphatic rings. The van der Waals surface area contributed by atoms with Gasteiger partial charge in [-0.1, -0.05) is 12.1 Å². The third-order valence-electron chi connectivity index (χ3n) is 2.80. The van der Waals surface area contributed by atoms with Crippen LogP contribution in [0.25, 0.3) is 0 Å². The highest BCUT2D eigenvalue weighted by molar-refractivity contribution is 7.90. The highest BCUT2D eigenvalue weighted by Gasteiger charge is 2.16. The van der Waals surface area contributed by atoms with Gasteiger partial charge >= 0.3 is 0 Å². The van der Waals surface area contributed by atoms with E-state index in [0.717, 1.165) is 18.0 Å². The van der Waals surface area contributed by atoms with Crippen molar-refractivity contribution in [3.05, 3.63) is 29.8 Å². The molecule has 4 heteroatoms. The molecule has 0 saturated carbocycles. The molecule has 3 nitrogen and oxygen atoms in total. The summed E-state index contributed by atoms with van der Waals surface area (Å²) in [6.45, 7) is 1.84. The van der Waals surface area contributed by atoms with Crippen molar-refractivity contribution in [1.82, 2.24) is 4.90 Å². The van der Waals surface area contributed by atoms with Crippen molar-refractivity contribution in [2.75, 3.05) is 26.4 Å². The maximum absolute atomic E-state index is 11.3. The number of hydrogen-bond acceptors (Lipinski definition) is 3. The number of rotatable bonds is 2. The molecule has 0 fully saturated rings. The molecule has 1 heterocycles. The average molecular weight is 236 g/mol. The largest absolute Gasteiger partial charge is 0.612 e. The molecule has 0 saturated heterocycles. The van der Waals surface area contributed by atoms with Gasteiger partial charge in [-0.25, -0.2) is 0 Å². The van der Waals surface area contributed by atoms with Crippen LogP contribution in [0.2, 0.25) is 0 Å². The second kappa shape index (κ2) is 4.89. The van der Waals surface area contributed by atoms with Gasteiger partial charge in [0.25, 0.3) is 0 Å². The average Bonchev–Trinajstić information content (AvgIpc) is 2.29. The summed E-state index contributed by atoms with van der Waals surface area (Å²) in [6.07, 6.45) is 3.58. The monoisotopic (exact) mass is 236 g/mol. The third-order valence-corrected chi connectivity index (χ3v) is 3.73. The summed E-state index contributed by atoms with van der Waals surface area (Å²) in [5.41, 5.74) is 1.28. The predicted octanol–water partition coefficient (Wildman–Crippen LogP) is 1.48. The summed E-state index contributed by atoms with van der Waals surface area (Å²) in [5.74, 6) is 0.453. The normalized spacial score (nSPS) is 22.2. The summed E-state index contributed by atoms with van der Waals surface area (Å²) in [4.78, 5) is 7.30. The molecule has 16 heavy (non-hydrogen) atoms. The van der Waals surface area contributed by atoms with Crippen LogP contribution in [0.3, 0.4) is 0 Å². The van der Waals surface area contributed by atoms with Gasteiger partial charge in [0.2, 0.25) is 0 Å². The zero-order valence-corrected chi connectivity index (χ0v) is 10.4. The van der Waals surface area contributed by atoms with Crippen molar-refractivity contribution in [3.63, 3.8) is 0 Å². The molecule has 0 amide bonds. The highest BCUT2D eigenvalue weighted by atomic mass is 32.2. The number of nitrogens with zero attached hydrogens (tertiary/aromatic N) is 2. The standard InChI is InChI=1S/C12H16N2OS/c1-14-8-11(7-13-9-14)10-3-5-12(6-4-10)16(2)15/h3-6,9,11H,7-8H2,1-2H3. The van der Waals surface area contributed by atoms with E-state index in [2.05, 4.69) is 22.0 Å². The molecule has 1 aliphatic heterocycles. The Balaban J connectivity index is 2.13. The van der Waals surface area contributed by atoms with Gasteiger partial charge < -0.3 is 9.45 Å². The summed E-state index contributed by atoms with van der Waals surface area (Å²) in [7, 11) is 2.03. The Kier molecular flexibility index (Phi) is 3.51. The summed E-state index contributed by atoms with van der Waals surface area (Å²) >= 11 is -0.889.